The molecule has 1 saturated heterocycles. The van der Waals surface area contributed by atoms with Gasteiger partial charge < -0.3 is 9.64 Å². The first kappa shape index (κ1) is 18.2. The number of carbonyl (C=O) groups is 1. The molecular weight excluding hydrogens is 386 g/mol. The lowest BCUT2D eigenvalue weighted by Gasteiger charge is -2.18. The van der Waals surface area contributed by atoms with Gasteiger partial charge in [-0.05, 0) is 70.2 Å². The Morgan fingerprint density at radius 2 is 2.14 bits per heavy atom. The van der Waals surface area contributed by atoms with Crippen molar-refractivity contribution in [3.8, 4) is 5.75 Å². The first-order valence-corrected chi connectivity index (χ1v) is 11.8. The zero-order chi connectivity index (χ0) is 18.9. The van der Waals surface area contributed by atoms with E-state index in [1.807, 2.05) is 23.9 Å². The molecule has 5 heteroatoms. The number of carbonyl (C=O) groups excluding carboxylic acids is 1. The Labute approximate surface area is 173 Å². The number of thiophene rings is 1. The number of nitrogens with zero attached hydrogens (tertiary/aromatic N) is 1. The molecule has 3 nitrogen and oxygen atoms in total. The molecule has 0 N–H and O–H groups in total. The van der Waals surface area contributed by atoms with Gasteiger partial charge in [0.25, 0.3) is 0 Å². The van der Waals surface area contributed by atoms with Crippen LogP contribution in [0.3, 0.4) is 0 Å². The quantitative estimate of drug-likeness (QED) is 0.524. The van der Waals surface area contributed by atoms with E-state index in [1.165, 1.54) is 22.3 Å². The first-order chi connectivity index (χ1) is 13.8. The normalized spacial score (nSPS) is 19.5. The van der Waals surface area contributed by atoms with Gasteiger partial charge in [0, 0.05) is 30.8 Å². The van der Waals surface area contributed by atoms with Crippen LogP contribution in [0, 0.1) is 0 Å². The smallest absolute Gasteiger partial charge is 0.164 e. The lowest BCUT2D eigenvalue weighted by Crippen LogP contribution is -2.23. The number of thioether (sulfide) groups is 1. The molecule has 0 saturated carbocycles. The standard InChI is InChI=1S/C23H23NO2S2/c25-21(4-7-24-6-3-18(14-24)19-5-9-27-15-19)17-2-1-16-13-23-22(12-20(16)11-17)26-8-10-28-23/h1-2,5,9,11-13,15,18H,3-4,6-8,10,14H2. The van der Waals surface area contributed by atoms with E-state index in [1.54, 1.807) is 11.3 Å². The molecule has 1 fully saturated rings. The largest absolute Gasteiger partial charge is 0.492 e. The van der Waals surface area contributed by atoms with Crippen LogP contribution in [0.4, 0.5) is 0 Å². The van der Waals surface area contributed by atoms with Crippen molar-refractivity contribution in [3.63, 3.8) is 0 Å². The summed E-state index contributed by atoms with van der Waals surface area (Å²) in [6.07, 6.45) is 1.78. The van der Waals surface area contributed by atoms with Crippen LogP contribution in [-0.2, 0) is 0 Å². The summed E-state index contributed by atoms with van der Waals surface area (Å²) < 4.78 is 5.78. The molecule has 3 aromatic rings. The third-order valence-electron chi connectivity index (χ3n) is 5.77. The second-order valence-corrected chi connectivity index (χ2v) is 9.49. The first-order valence-electron chi connectivity index (χ1n) is 9.87. The van der Waals surface area contributed by atoms with E-state index in [-0.39, 0.29) is 5.78 Å². The molecule has 2 aliphatic heterocycles. The van der Waals surface area contributed by atoms with Crippen LogP contribution in [-0.4, -0.2) is 42.7 Å². The van der Waals surface area contributed by atoms with Crippen LogP contribution < -0.4 is 4.74 Å². The fraction of sp³-hybridized carbons (Fsp3) is 0.348. The summed E-state index contributed by atoms with van der Waals surface area (Å²) in [5.41, 5.74) is 2.27. The number of likely N-dealkylation sites (tertiary alicyclic amines) is 1. The summed E-state index contributed by atoms with van der Waals surface area (Å²) in [4.78, 5) is 16.4. The number of fused-ring (bicyclic) bond motifs is 2. The van der Waals surface area contributed by atoms with Crippen molar-refractivity contribution in [2.45, 2.75) is 23.7 Å². The molecule has 5 rings (SSSR count). The minimum Gasteiger partial charge on any atom is -0.492 e. The molecule has 2 aliphatic rings. The van der Waals surface area contributed by atoms with Crippen LogP contribution in [0.15, 0.2) is 52.1 Å². The Kier molecular flexibility index (Phi) is 5.14. The van der Waals surface area contributed by atoms with Gasteiger partial charge in [-0.1, -0.05) is 12.1 Å². The lowest BCUT2D eigenvalue weighted by atomic mass is 10.0. The Morgan fingerprint density at radius 3 is 3.04 bits per heavy atom. The average Bonchev–Trinajstić information content (AvgIpc) is 3.41. The summed E-state index contributed by atoms with van der Waals surface area (Å²) >= 11 is 3.61. The van der Waals surface area contributed by atoms with Gasteiger partial charge in [0.05, 0.1) is 11.5 Å². The summed E-state index contributed by atoms with van der Waals surface area (Å²) in [7, 11) is 0. The van der Waals surface area contributed by atoms with E-state index >= 15 is 0 Å². The molecular formula is C23H23NO2S2. The number of ether oxygens (including phenoxy) is 1. The highest BCUT2D eigenvalue weighted by atomic mass is 32.2. The SMILES string of the molecule is O=C(CCN1CCC(c2ccsc2)C1)c1ccc2cc3c(cc2c1)OCCS3. The monoisotopic (exact) mass is 409 g/mol. The maximum Gasteiger partial charge on any atom is 0.164 e. The summed E-state index contributed by atoms with van der Waals surface area (Å²) in [6.45, 7) is 3.76. The zero-order valence-corrected chi connectivity index (χ0v) is 17.4. The van der Waals surface area contributed by atoms with Crippen LogP contribution in [0.2, 0.25) is 0 Å². The minimum absolute atomic E-state index is 0.230. The molecule has 0 radical (unpaired) electrons. The van der Waals surface area contributed by atoms with Crippen molar-refractivity contribution in [1.29, 1.82) is 0 Å². The number of ketones is 1. The van der Waals surface area contributed by atoms with E-state index < -0.39 is 0 Å². The summed E-state index contributed by atoms with van der Waals surface area (Å²) in [5.74, 6) is 2.81. The molecule has 0 bridgehead atoms. The van der Waals surface area contributed by atoms with Crippen molar-refractivity contribution in [3.05, 3.63) is 58.3 Å². The van der Waals surface area contributed by atoms with Crippen LogP contribution in [0.1, 0.15) is 34.7 Å². The van der Waals surface area contributed by atoms with E-state index in [0.717, 1.165) is 48.7 Å². The van der Waals surface area contributed by atoms with Crippen molar-refractivity contribution >= 4 is 39.7 Å². The predicted molar refractivity (Wildman–Crippen MR) is 117 cm³/mol. The second kappa shape index (κ2) is 7.90. The molecule has 0 spiro atoms. The highest BCUT2D eigenvalue weighted by Gasteiger charge is 2.24. The van der Waals surface area contributed by atoms with Gasteiger partial charge in [-0.3, -0.25) is 4.79 Å². The molecule has 3 heterocycles. The molecule has 0 aliphatic carbocycles. The van der Waals surface area contributed by atoms with E-state index in [0.29, 0.717) is 12.3 Å². The zero-order valence-electron chi connectivity index (χ0n) is 15.7. The van der Waals surface area contributed by atoms with E-state index in [2.05, 4.69) is 39.9 Å². The van der Waals surface area contributed by atoms with Gasteiger partial charge >= 0.3 is 0 Å². The number of rotatable bonds is 5. The molecule has 2 aromatic carbocycles. The number of hydrogen-bond donors (Lipinski definition) is 0. The number of Topliss-reactive ketones (excluding diaryl/α,β-unsaturated/α-hetero) is 1. The Morgan fingerprint density at radius 1 is 1.18 bits per heavy atom. The van der Waals surface area contributed by atoms with Gasteiger partial charge in [0.2, 0.25) is 0 Å². The fourth-order valence-corrected chi connectivity index (χ4v) is 5.78. The van der Waals surface area contributed by atoms with Gasteiger partial charge in [-0.15, -0.1) is 11.8 Å². The van der Waals surface area contributed by atoms with E-state index in [9.17, 15) is 4.79 Å². The van der Waals surface area contributed by atoms with E-state index in [4.69, 9.17) is 4.74 Å². The molecule has 1 unspecified atom stereocenters. The Bertz CT molecular complexity index is 999. The van der Waals surface area contributed by atoms with Crippen molar-refractivity contribution < 1.29 is 9.53 Å². The molecule has 0 amide bonds. The van der Waals surface area contributed by atoms with Crippen molar-refractivity contribution in [2.75, 3.05) is 32.0 Å². The van der Waals surface area contributed by atoms with Crippen molar-refractivity contribution in [1.82, 2.24) is 4.90 Å². The fourth-order valence-electron chi connectivity index (χ4n) is 4.18. The third-order valence-corrected chi connectivity index (χ3v) is 7.47. The van der Waals surface area contributed by atoms with Crippen LogP contribution in [0.5, 0.6) is 5.75 Å². The molecule has 28 heavy (non-hydrogen) atoms. The van der Waals surface area contributed by atoms with Gasteiger partial charge in [-0.2, -0.15) is 11.3 Å². The summed E-state index contributed by atoms with van der Waals surface area (Å²) in [6, 6.07) is 12.6. The maximum absolute atomic E-state index is 12.8. The second-order valence-electron chi connectivity index (χ2n) is 7.57. The molecule has 1 aromatic heterocycles. The number of benzene rings is 2. The van der Waals surface area contributed by atoms with Crippen molar-refractivity contribution in [2.24, 2.45) is 0 Å². The predicted octanol–water partition coefficient (Wildman–Crippen LogP) is 5.45. The average molecular weight is 410 g/mol. The van der Waals surface area contributed by atoms with Crippen LogP contribution >= 0.6 is 23.1 Å². The lowest BCUT2D eigenvalue weighted by molar-refractivity contribution is 0.0969. The van der Waals surface area contributed by atoms with Gasteiger partial charge in [-0.25, -0.2) is 0 Å². The minimum atomic E-state index is 0.230. The molecule has 1 atom stereocenters. The third kappa shape index (κ3) is 3.71. The Hall–Kier alpha value is -1.82. The highest BCUT2D eigenvalue weighted by Crippen LogP contribution is 2.37. The highest BCUT2D eigenvalue weighted by molar-refractivity contribution is 7.99. The maximum atomic E-state index is 12.8. The summed E-state index contributed by atoms with van der Waals surface area (Å²) in [5, 5.41) is 6.68. The topological polar surface area (TPSA) is 29.5 Å². The van der Waals surface area contributed by atoms with Gasteiger partial charge in [0.15, 0.2) is 5.78 Å². The van der Waals surface area contributed by atoms with Crippen LogP contribution in [0.25, 0.3) is 10.8 Å². The molecule has 144 valence electrons. The van der Waals surface area contributed by atoms with Gasteiger partial charge in [0.1, 0.15) is 5.75 Å². The number of hydrogen-bond acceptors (Lipinski definition) is 5. The Balaban J connectivity index is 1.24.